The van der Waals surface area contributed by atoms with Crippen molar-refractivity contribution in [1.82, 2.24) is 10.2 Å². The highest BCUT2D eigenvalue weighted by molar-refractivity contribution is 5.67. The molecule has 2 saturated heterocycles. The molecule has 84 valence electrons. The van der Waals surface area contributed by atoms with E-state index in [2.05, 4.69) is 18.3 Å². The Balaban J connectivity index is 2.21. The highest BCUT2D eigenvalue weighted by Gasteiger charge is 2.45. The SMILES string of the molecule is CC=C(C)[C@@H]1NC[C@H]2CC[C@@H]1N2C(=O)O. The number of amides is 1. The predicted molar refractivity (Wildman–Crippen MR) is 57.9 cm³/mol. The minimum Gasteiger partial charge on any atom is -0.465 e. The van der Waals surface area contributed by atoms with Gasteiger partial charge in [0.25, 0.3) is 0 Å². The molecule has 0 unspecified atom stereocenters. The van der Waals surface area contributed by atoms with Gasteiger partial charge in [-0.1, -0.05) is 11.6 Å². The Labute approximate surface area is 90.0 Å². The molecule has 1 amide bonds. The lowest BCUT2D eigenvalue weighted by Gasteiger charge is -2.39. The summed E-state index contributed by atoms with van der Waals surface area (Å²) in [6, 6.07) is 0.538. The first-order valence-corrected chi connectivity index (χ1v) is 5.52. The molecule has 3 atom stereocenters. The molecule has 0 aromatic carbocycles. The summed E-state index contributed by atoms with van der Waals surface area (Å²) in [7, 11) is 0. The van der Waals surface area contributed by atoms with Gasteiger partial charge in [0.2, 0.25) is 0 Å². The number of rotatable bonds is 1. The molecule has 2 N–H and O–H groups in total. The van der Waals surface area contributed by atoms with Crippen LogP contribution in [0, 0.1) is 0 Å². The molecule has 15 heavy (non-hydrogen) atoms. The molecule has 4 nitrogen and oxygen atoms in total. The number of piperazine rings is 1. The van der Waals surface area contributed by atoms with Gasteiger partial charge in [-0.2, -0.15) is 0 Å². The second kappa shape index (κ2) is 3.85. The Morgan fingerprint density at radius 1 is 1.53 bits per heavy atom. The Hall–Kier alpha value is -1.03. The number of carbonyl (C=O) groups is 1. The Morgan fingerprint density at radius 2 is 2.27 bits per heavy atom. The topological polar surface area (TPSA) is 52.6 Å². The third kappa shape index (κ3) is 1.63. The van der Waals surface area contributed by atoms with Crippen molar-refractivity contribution in [2.45, 2.75) is 44.8 Å². The molecule has 0 radical (unpaired) electrons. The molecule has 4 heteroatoms. The highest BCUT2D eigenvalue weighted by Crippen LogP contribution is 2.32. The first kappa shape index (κ1) is 10.5. The fourth-order valence-electron chi connectivity index (χ4n) is 2.78. The number of hydrogen-bond donors (Lipinski definition) is 2. The molecule has 2 aliphatic heterocycles. The lowest BCUT2D eigenvalue weighted by Crippen LogP contribution is -2.59. The van der Waals surface area contributed by atoms with Crippen LogP contribution in [0.15, 0.2) is 11.6 Å². The van der Waals surface area contributed by atoms with Crippen molar-refractivity contribution in [3.63, 3.8) is 0 Å². The summed E-state index contributed by atoms with van der Waals surface area (Å²) in [6.07, 6.45) is 3.28. The summed E-state index contributed by atoms with van der Waals surface area (Å²) in [5.41, 5.74) is 1.24. The standard InChI is InChI=1S/C11H18N2O2/c1-3-7(2)10-9-5-4-8(6-12-10)13(9)11(14)15/h3,8-10,12H,4-6H2,1-2H3,(H,14,15)/t8-,9+,10+/m1/s1. The van der Waals surface area contributed by atoms with Crippen LogP contribution < -0.4 is 5.32 Å². The van der Waals surface area contributed by atoms with Crippen molar-refractivity contribution >= 4 is 6.09 Å². The molecule has 0 aliphatic carbocycles. The fourth-order valence-corrected chi connectivity index (χ4v) is 2.78. The van der Waals surface area contributed by atoms with E-state index < -0.39 is 6.09 Å². The van der Waals surface area contributed by atoms with E-state index in [-0.39, 0.29) is 18.1 Å². The molecular weight excluding hydrogens is 192 g/mol. The van der Waals surface area contributed by atoms with Crippen LogP contribution in [0.4, 0.5) is 4.79 Å². The minimum atomic E-state index is -0.766. The Bertz CT molecular complexity index is 301. The number of nitrogens with zero attached hydrogens (tertiary/aromatic N) is 1. The predicted octanol–water partition coefficient (Wildman–Crippen LogP) is 1.44. The molecule has 2 rings (SSSR count). The van der Waals surface area contributed by atoms with Crippen molar-refractivity contribution < 1.29 is 9.90 Å². The monoisotopic (exact) mass is 210 g/mol. The van der Waals surface area contributed by atoms with Crippen molar-refractivity contribution in [3.8, 4) is 0 Å². The van der Waals surface area contributed by atoms with Crippen LogP contribution in [-0.4, -0.2) is 40.8 Å². The summed E-state index contributed by atoms with van der Waals surface area (Å²) in [5, 5.41) is 12.6. The fraction of sp³-hybridized carbons (Fsp3) is 0.727. The van der Waals surface area contributed by atoms with E-state index in [0.717, 1.165) is 19.4 Å². The molecule has 2 heterocycles. The van der Waals surface area contributed by atoms with Gasteiger partial charge < -0.3 is 10.4 Å². The zero-order valence-corrected chi connectivity index (χ0v) is 9.23. The lowest BCUT2D eigenvalue weighted by atomic mass is 9.98. The van der Waals surface area contributed by atoms with Crippen molar-refractivity contribution in [1.29, 1.82) is 0 Å². The number of allylic oxidation sites excluding steroid dienone is 1. The zero-order valence-electron chi connectivity index (χ0n) is 9.23. The van der Waals surface area contributed by atoms with Gasteiger partial charge in [-0.15, -0.1) is 0 Å². The minimum absolute atomic E-state index is 0.137. The average molecular weight is 210 g/mol. The largest absolute Gasteiger partial charge is 0.465 e. The highest BCUT2D eigenvalue weighted by atomic mass is 16.4. The molecule has 0 aromatic heterocycles. The van der Waals surface area contributed by atoms with Crippen molar-refractivity contribution in [3.05, 3.63) is 11.6 Å². The third-order valence-electron chi connectivity index (χ3n) is 3.67. The van der Waals surface area contributed by atoms with Crippen molar-refractivity contribution in [2.24, 2.45) is 0 Å². The van der Waals surface area contributed by atoms with Gasteiger partial charge in [0.15, 0.2) is 0 Å². The number of hydrogen-bond acceptors (Lipinski definition) is 2. The van der Waals surface area contributed by atoms with Gasteiger partial charge in [-0.3, -0.25) is 4.90 Å². The van der Waals surface area contributed by atoms with Crippen LogP contribution in [0.25, 0.3) is 0 Å². The van der Waals surface area contributed by atoms with Gasteiger partial charge in [-0.25, -0.2) is 4.79 Å². The van der Waals surface area contributed by atoms with E-state index in [1.54, 1.807) is 4.90 Å². The second-order valence-electron chi connectivity index (χ2n) is 4.41. The maximum Gasteiger partial charge on any atom is 0.407 e. The van der Waals surface area contributed by atoms with Gasteiger partial charge in [0.1, 0.15) is 0 Å². The van der Waals surface area contributed by atoms with Gasteiger partial charge in [0.05, 0.1) is 6.04 Å². The molecule has 0 saturated carbocycles. The van der Waals surface area contributed by atoms with Crippen LogP contribution in [0.2, 0.25) is 0 Å². The first-order chi connectivity index (χ1) is 7.15. The van der Waals surface area contributed by atoms with Crippen LogP contribution in [-0.2, 0) is 0 Å². The maximum absolute atomic E-state index is 11.2. The van der Waals surface area contributed by atoms with Gasteiger partial charge in [0, 0.05) is 18.6 Å². The van der Waals surface area contributed by atoms with E-state index in [9.17, 15) is 9.90 Å². The van der Waals surface area contributed by atoms with E-state index in [4.69, 9.17) is 0 Å². The maximum atomic E-state index is 11.2. The molecule has 2 bridgehead atoms. The molecule has 0 spiro atoms. The summed E-state index contributed by atoms with van der Waals surface area (Å²) in [5.74, 6) is 0. The zero-order chi connectivity index (χ0) is 11.0. The van der Waals surface area contributed by atoms with Gasteiger partial charge >= 0.3 is 6.09 Å². The molecule has 2 fully saturated rings. The number of carboxylic acid groups (broad SMARTS) is 1. The van der Waals surface area contributed by atoms with E-state index in [1.165, 1.54) is 5.57 Å². The summed E-state index contributed by atoms with van der Waals surface area (Å²) >= 11 is 0. The van der Waals surface area contributed by atoms with Crippen LogP contribution in [0.5, 0.6) is 0 Å². The van der Waals surface area contributed by atoms with E-state index in [1.807, 2.05) is 6.92 Å². The average Bonchev–Trinajstić information content (AvgIpc) is 2.52. The summed E-state index contributed by atoms with van der Waals surface area (Å²) in [6.45, 7) is 4.86. The second-order valence-corrected chi connectivity index (χ2v) is 4.41. The van der Waals surface area contributed by atoms with E-state index >= 15 is 0 Å². The Kier molecular flexibility index (Phi) is 2.69. The summed E-state index contributed by atoms with van der Waals surface area (Å²) < 4.78 is 0. The lowest BCUT2D eigenvalue weighted by molar-refractivity contribution is 0.0972. The summed E-state index contributed by atoms with van der Waals surface area (Å²) in [4.78, 5) is 12.8. The Morgan fingerprint density at radius 3 is 2.87 bits per heavy atom. The van der Waals surface area contributed by atoms with Crippen LogP contribution in [0.1, 0.15) is 26.7 Å². The van der Waals surface area contributed by atoms with Crippen LogP contribution in [0.3, 0.4) is 0 Å². The van der Waals surface area contributed by atoms with Crippen molar-refractivity contribution in [2.75, 3.05) is 6.54 Å². The van der Waals surface area contributed by atoms with Crippen LogP contribution >= 0.6 is 0 Å². The normalized spacial score (nSPS) is 35.7. The molecule has 2 aliphatic rings. The molecule has 0 aromatic rings. The third-order valence-corrected chi connectivity index (χ3v) is 3.67. The smallest absolute Gasteiger partial charge is 0.407 e. The molecular formula is C11H18N2O2. The number of nitrogens with one attached hydrogen (secondary N) is 1. The first-order valence-electron chi connectivity index (χ1n) is 5.52. The number of fused-ring (bicyclic) bond motifs is 2. The quantitative estimate of drug-likeness (QED) is 0.644. The van der Waals surface area contributed by atoms with E-state index in [0.29, 0.717) is 0 Å². The van der Waals surface area contributed by atoms with Gasteiger partial charge in [-0.05, 0) is 26.7 Å².